The van der Waals surface area contributed by atoms with Crippen molar-refractivity contribution in [1.82, 2.24) is 0 Å². The Morgan fingerprint density at radius 2 is 2.08 bits per heavy atom. The fraction of sp³-hybridized carbons (Fsp3) is 0.400. The fourth-order valence-corrected chi connectivity index (χ4v) is 2.90. The zero-order valence-electron chi connectivity index (χ0n) is 6.56. The molecule has 0 aromatic carbocycles. The van der Waals surface area contributed by atoms with Crippen LogP contribution in [0.5, 0.6) is 0 Å². The highest BCUT2D eigenvalue weighted by molar-refractivity contribution is 9.21. The van der Waals surface area contributed by atoms with Crippen LogP contribution in [0.1, 0.15) is 0 Å². The van der Waals surface area contributed by atoms with Crippen LogP contribution < -0.4 is 0 Å². The van der Waals surface area contributed by atoms with Gasteiger partial charge >= 0.3 is 0 Å². The molecular formula is C5H6BrNO4S2. The molecular weight excluding hydrogens is 282 g/mol. The van der Waals surface area contributed by atoms with Crippen LogP contribution in [0.15, 0.2) is 16.1 Å². The summed E-state index contributed by atoms with van der Waals surface area (Å²) in [5.41, 5.74) is 0.0365. The lowest BCUT2D eigenvalue weighted by Gasteiger charge is -1.92. The first-order valence-corrected chi connectivity index (χ1v) is 7.48. The van der Waals surface area contributed by atoms with E-state index in [1.165, 1.54) is 0 Å². The zero-order chi connectivity index (χ0) is 10.3. The Morgan fingerprint density at radius 1 is 1.54 bits per heavy atom. The zero-order valence-corrected chi connectivity index (χ0v) is 9.78. The maximum Gasteiger partial charge on any atom is 0.225 e. The van der Waals surface area contributed by atoms with Crippen molar-refractivity contribution < 1.29 is 16.8 Å². The van der Waals surface area contributed by atoms with Crippen molar-refractivity contribution in [2.75, 3.05) is 12.0 Å². The topological polar surface area (TPSA) is 80.6 Å². The van der Waals surface area contributed by atoms with E-state index in [0.717, 1.165) is 11.7 Å². The van der Waals surface area contributed by atoms with Crippen LogP contribution in [0, 0.1) is 0 Å². The second-order valence-corrected chi connectivity index (χ2v) is 7.72. The molecule has 1 heterocycles. The molecule has 13 heavy (non-hydrogen) atoms. The highest BCUT2D eigenvalue weighted by atomic mass is 79.9. The van der Waals surface area contributed by atoms with Gasteiger partial charge in [0, 0.05) is 6.26 Å². The summed E-state index contributed by atoms with van der Waals surface area (Å²) in [7, 11) is -6.75. The van der Waals surface area contributed by atoms with E-state index in [-0.39, 0.29) is 15.4 Å². The Kier molecular flexibility index (Phi) is 2.65. The summed E-state index contributed by atoms with van der Waals surface area (Å²) in [6.07, 6.45) is 1.02. The number of nitrogens with zero attached hydrogens (tertiary/aromatic N) is 1. The highest BCUT2D eigenvalue weighted by Crippen LogP contribution is 2.19. The summed E-state index contributed by atoms with van der Waals surface area (Å²) in [4.78, 5) is 3.55. The lowest BCUT2D eigenvalue weighted by atomic mass is 10.6. The second-order valence-electron chi connectivity index (χ2n) is 2.59. The molecule has 0 aromatic heterocycles. The smallest absolute Gasteiger partial charge is 0.225 e. The summed E-state index contributed by atoms with van der Waals surface area (Å²) in [5.74, 6) is -0.360. The van der Waals surface area contributed by atoms with Gasteiger partial charge in [0.1, 0.15) is 0 Å². The van der Waals surface area contributed by atoms with Crippen molar-refractivity contribution in [1.29, 1.82) is 0 Å². The van der Waals surface area contributed by atoms with E-state index in [0.29, 0.717) is 0 Å². The minimum atomic E-state index is -3.51. The maximum atomic E-state index is 11.0. The van der Waals surface area contributed by atoms with Crippen molar-refractivity contribution in [2.45, 2.75) is 0 Å². The van der Waals surface area contributed by atoms with Crippen molar-refractivity contribution in [2.24, 2.45) is 4.99 Å². The molecule has 0 aromatic rings. The number of halogens is 1. The van der Waals surface area contributed by atoms with E-state index >= 15 is 0 Å². The van der Waals surface area contributed by atoms with Crippen LogP contribution in [-0.4, -0.2) is 32.8 Å². The molecule has 5 nitrogen and oxygen atoms in total. The van der Waals surface area contributed by atoms with Crippen molar-refractivity contribution in [3.8, 4) is 0 Å². The van der Waals surface area contributed by atoms with Gasteiger partial charge < -0.3 is 0 Å². The van der Waals surface area contributed by atoms with E-state index in [2.05, 4.69) is 20.9 Å². The monoisotopic (exact) mass is 287 g/mol. The van der Waals surface area contributed by atoms with Gasteiger partial charge in [0.15, 0.2) is 9.84 Å². The number of rotatable bonds is 2. The average molecular weight is 288 g/mol. The van der Waals surface area contributed by atoms with Crippen LogP contribution in [0.4, 0.5) is 0 Å². The van der Waals surface area contributed by atoms with Crippen molar-refractivity contribution in [3.05, 3.63) is 11.1 Å². The lowest BCUT2D eigenvalue weighted by Crippen LogP contribution is -2.03. The van der Waals surface area contributed by atoms with Crippen LogP contribution in [0.2, 0.25) is 0 Å². The molecule has 0 atom stereocenters. The number of hydrogen-bond donors (Lipinski definition) is 0. The van der Waals surface area contributed by atoms with Gasteiger partial charge in [-0.05, 0) is 15.9 Å². The Balaban J connectivity index is 3.04. The van der Waals surface area contributed by atoms with Crippen molar-refractivity contribution >= 4 is 39.6 Å². The average Bonchev–Trinajstić information content (AvgIpc) is 2.01. The SMILES string of the molecule is CS(=O)(=O)CC1=CS(=O)(=O)C(Br)=N1. The van der Waals surface area contributed by atoms with E-state index in [9.17, 15) is 16.8 Å². The number of aliphatic imine (C=N–C) groups is 1. The first-order chi connectivity index (χ1) is 5.71. The minimum Gasteiger partial charge on any atom is -0.232 e. The van der Waals surface area contributed by atoms with Gasteiger partial charge in [-0.25, -0.2) is 21.8 Å². The Bertz CT molecular complexity index is 485. The summed E-state index contributed by atoms with van der Waals surface area (Å²) < 4.78 is 43.3. The van der Waals surface area contributed by atoms with Gasteiger partial charge in [-0.1, -0.05) is 0 Å². The predicted octanol–water partition coefficient (Wildman–Crippen LogP) is 0.0517. The van der Waals surface area contributed by atoms with Crippen molar-refractivity contribution in [3.63, 3.8) is 0 Å². The molecule has 0 unspecified atom stereocenters. The normalized spacial score (nSPS) is 21.1. The van der Waals surface area contributed by atoms with Gasteiger partial charge in [-0.3, -0.25) is 0 Å². The number of sulfone groups is 2. The first kappa shape index (κ1) is 10.9. The number of hydrogen-bond acceptors (Lipinski definition) is 5. The lowest BCUT2D eigenvalue weighted by molar-refractivity contribution is 0.604. The highest BCUT2D eigenvalue weighted by Gasteiger charge is 2.24. The molecule has 0 saturated carbocycles. The summed E-state index contributed by atoms with van der Waals surface area (Å²) in [5, 5.41) is 0.845. The molecule has 0 spiro atoms. The Labute approximate surface area is 84.5 Å². The molecule has 0 fully saturated rings. The van der Waals surface area contributed by atoms with E-state index in [1.54, 1.807) is 0 Å². The van der Waals surface area contributed by atoms with E-state index < -0.39 is 19.7 Å². The van der Waals surface area contributed by atoms with Crippen LogP contribution in [0.25, 0.3) is 0 Å². The Hall–Kier alpha value is -0.210. The summed E-state index contributed by atoms with van der Waals surface area (Å²) >= 11 is 2.72. The molecule has 0 bridgehead atoms. The molecule has 0 N–H and O–H groups in total. The second kappa shape index (κ2) is 3.18. The Morgan fingerprint density at radius 3 is 2.38 bits per heavy atom. The molecule has 0 aliphatic carbocycles. The van der Waals surface area contributed by atoms with Crippen LogP contribution >= 0.6 is 15.9 Å². The van der Waals surface area contributed by atoms with Crippen LogP contribution in [-0.2, 0) is 19.7 Å². The molecule has 1 rings (SSSR count). The standard InChI is InChI=1S/C5H6BrNO4S2/c1-12(8,9)2-4-3-13(10,11)5(6)7-4/h3H,2H2,1H3. The third kappa shape index (κ3) is 2.89. The molecule has 0 saturated heterocycles. The molecule has 1 aliphatic heterocycles. The third-order valence-corrected chi connectivity index (χ3v) is 4.66. The molecule has 74 valence electrons. The molecule has 1 aliphatic rings. The van der Waals surface area contributed by atoms with Gasteiger partial charge in [0.2, 0.25) is 13.8 Å². The van der Waals surface area contributed by atoms with Gasteiger partial charge in [0.05, 0.1) is 16.9 Å². The van der Waals surface area contributed by atoms with Crippen LogP contribution in [0.3, 0.4) is 0 Å². The predicted molar refractivity (Wildman–Crippen MR) is 53.1 cm³/mol. The first-order valence-electron chi connectivity index (χ1n) is 3.08. The fourth-order valence-electron chi connectivity index (χ4n) is 0.766. The summed E-state index contributed by atoms with van der Waals surface area (Å²) in [6.45, 7) is 0. The minimum absolute atomic E-state index is 0.0365. The quantitative estimate of drug-likeness (QED) is 0.719. The third-order valence-electron chi connectivity index (χ3n) is 1.17. The largest absolute Gasteiger partial charge is 0.232 e. The van der Waals surface area contributed by atoms with Gasteiger partial charge in [0.25, 0.3) is 0 Å². The maximum absolute atomic E-state index is 11.0. The van der Waals surface area contributed by atoms with E-state index in [4.69, 9.17) is 0 Å². The molecule has 0 radical (unpaired) electrons. The molecule has 0 amide bonds. The van der Waals surface area contributed by atoms with Gasteiger partial charge in [-0.2, -0.15) is 0 Å². The van der Waals surface area contributed by atoms with Gasteiger partial charge in [-0.15, -0.1) is 0 Å². The summed E-state index contributed by atoms with van der Waals surface area (Å²) in [6, 6.07) is 0. The molecule has 8 heteroatoms. The van der Waals surface area contributed by atoms with E-state index in [1.807, 2.05) is 0 Å².